The summed E-state index contributed by atoms with van der Waals surface area (Å²) in [5, 5.41) is 3.35. The monoisotopic (exact) mass is 277 g/mol. The first-order valence-corrected chi connectivity index (χ1v) is 6.68. The van der Waals surface area contributed by atoms with Gasteiger partial charge in [-0.1, -0.05) is 0 Å². The van der Waals surface area contributed by atoms with Crippen molar-refractivity contribution in [3.05, 3.63) is 44.8 Å². The maximum atomic E-state index is 11.9. The zero-order valence-electron chi connectivity index (χ0n) is 11.1. The number of nitrogens with zero attached hydrogens (tertiary/aromatic N) is 2. The third-order valence-electron chi connectivity index (χ3n) is 2.72. The van der Waals surface area contributed by atoms with Crippen molar-refractivity contribution >= 4 is 22.4 Å². The minimum atomic E-state index is -0.149. The first-order chi connectivity index (χ1) is 8.95. The molecule has 0 unspecified atom stereocenters. The van der Waals surface area contributed by atoms with Gasteiger partial charge >= 0.3 is 0 Å². The fourth-order valence-corrected chi connectivity index (χ4v) is 2.53. The van der Waals surface area contributed by atoms with Crippen LogP contribution in [0.2, 0.25) is 0 Å². The molecule has 1 amide bonds. The van der Waals surface area contributed by atoms with E-state index in [1.165, 1.54) is 23.5 Å². The van der Waals surface area contributed by atoms with Crippen LogP contribution in [-0.2, 0) is 11.3 Å². The van der Waals surface area contributed by atoms with Gasteiger partial charge in [-0.15, -0.1) is 11.3 Å². The molecule has 0 aliphatic rings. The van der Waals surface area contributed by atoms with Gasteiger partial charge in [0.05, 0.1) is 0 Å². The Morgan fingerprint density at radius 2 is 1.95 bits per heavy atom. The number of rotatable bonds is 3. The summed E-state index contributed by atoms with van der Waals surface area (Å²) in [6.45, 7) is 5.74. The van der Waals surface area contributed by atoms with E-state index < -0.39 is 0 Å². The standard InChI is InChI=1S/C13H15N3O2S/c1-8-4-11(17)5-9(2)16(8)7-12(18)15-13-14-6-10(3)19-13/h4-6H,7H2,1-3H3,(H,14,15,18). The molecule has 2 aromatic heterocycles. The molecule has 0 atom stereocenters. The van der Waals surface area contributed by atoms with Gasteiger partial charge in [-0.05, 0) is 20.8 Å². The highest BCUT2D eigenvalue weighted by atomic mass is 32.1. The van der Waals surface area contributed by atoms with Gasteiger partial charge in [-0.25, -0.2) is 4.98 Å². The van der Waals surface area contributed by atoms with E-state index in [2.05, 4.69) is 10.3 Å². The molecule has 0 aliphatic carbocycles. The summed E-state index contributed by atoms with van der Waals surface area (Å²) in [5.41, 5.74) is 1.51. The molecule has 2 heterocycles. The van der Waals surface area contributed by atoms with Crippen LogP contribution in [-0.4, -0.2) is 15.5 Å². The maximum absolute atomic E-state index is 11.9. The molecule has 6 heteroatoms. The molecule has 5 nitrogen and oxygen atoms in total. The number of anilines is 1. The average Bonchev–Trinajstić information content (AvgIpc) is 2.69. The summed E-state index contributed by atoms with van der Waals surface area (Å²) in [5.74, 6) is -0.149. The molecule has 0 radical (unpaired) electrons. The number of hydrogen-bond donors (Lipinski definition) is 1. The molecular weight excluding hydrogens is 262 g/mol. The number of aryl methyl sites for hydroxylation is 3. The van der Waals surface area contributed by atoms with Crippen molar-refractivity contribution in [1.29, 1.82) is 0 Å². The van der Waals surface area contributed by atoms with Crippen molar-refractivity contribution in [1.82, 2.24) is 9.55 Å². The van der Waals surface area contributed by atoms with Gasteiger partial charge in [0.2, 0.25) is 5.91 Å². The van der Waals surface area contributed by atoms with Crippen molar-refractivity contribution in [2.45, 2.75) is 27.3 Å². The number of aromatic nitrogens is 2. The minimum Gasteiger partial charge on any atom is -0.340 e. The molecular formula is C13H15N3O2S. The lowest BCUT2D eigenvalue weighted by molar-refractivity contribution is -0.116. The minimum absolute atomic E-state index is 0.0396. The molecule has 0 bridgehead atoms. The molecule has 1 N–H and O–H groups in total. The zero-order valence-corrected chi connectivity index (χ0v) is 11.9. The summed E-state index contributed by atoms with van der Waals surface area (Å²) in [6, 6.07) is 3.04. The van der Waals surface area contributed by atoms with Crippen LogP contribution in [0.25, 0.3) is 0 Å². The molecule has 0 spiro atoms. The van der Waals surface area contributed by atoms with Gasteiger partial charge in [0.15, 0.2) is 10.6 Å². The molecule has 2 rings (SSSR count). The van der Waals surface area contributed by atoms with Gasteiger partial charge in [-0.2, -0.15) is 0 Å². The van der Waals surface area contributed by atoms with E-state index in [4.69, 9.17) is 0 Å². The molecule has 2 aromatic rings. The fraction of sp³-hybridized carbons (Fsp3) is 0.308. The largest absolute Gasteiger partial charge is 0.340 e. The highest BCUT2D eigenvalue weighted by Gasteiger charge is 2.09. The first kappa shape index (κ1) is 13.5. The van der Waals surface area contributed by atoms with Crippen molar-refractivity contribution in [3.63, 3.8) is 0 Å². The Kier molecular flexibility index (Phi) is 3.80. The van der Waals surface area contributed by atoms with Crippen LogP contribution in [0.3, 0.4) is 0 Å². The van der Waals surface area contributed by atoms with Gasteiger partial charge in [0.25, 0.3) is 0 Å². The van der Waals surface area contributed by atoms with E-state index in [1.807, 2.05) is 20.8 Å². The SMILES string of the molecule is Cc1cnc(NC(=O)Cn2c(C)cc(=O)cc2C)s1. The lowest BCUT2D eigenvalue weighted by Gasteiger charge is -2.13. The highest BCUT2D eigenvalue weighted by Crippen LogP contribution is 2.16. The van der Waals surface area contributed by atoms with Crippen molar-refractivity contribution < 1.29 is 4.79 Å². The fourth-order valence-electron chi connectivity index (χ4n) is 1.85. The number of nitrogens with one attached hydrogen (secondary N) is 1. The lowest BCUT2D eigenvalue weighted by Crippen LogP contribution is -2.23. The molecule has 19 heavy (non-hydrogen) atoms. The van der Waals surface area contributed by atoms with Crippen LogP contribution in [0, 0.1) is 20.8 Å². The Hall–Kier alpha value is -1.95. The van der Waals surface area contributed by atoms with Crippen LogP contribution in [0.5, 0.6) is 0 Å². The van der Waals surface area contributed by atoms with E-state index in [0.29, 0.717) is 5.13 Å². The molecule has 100 valence electrons. The molecule has 0 saturated carbocycles. The number of carbonyl (C=O) groups is 1. The Morgan fingerprint density at radius 3 is 2.47 bits per heavy atom. The number of hydrogen-bond acceptors (Lipinski definition) is 4. The summed E-state index contributed by atoms with van der Waals surface area (Å²) in [6.07, 6.45) is 1.72. The molecule has 0 aromatic carbocycles. The second-order valence-electron chi connectivity index (χ2n) is 4.38. The number of pyridine rings is 1. The maximum Gasteiger partial charge on any atom is 0.246 e. The van der Waals surface area contributed by atoms with Gasteiger partial charge in [0, 0.05) is 34.6 Å². The van der Waals surface area contributed by atoms with Gasteiger partial charge in [0.1, 0.15) is 6.54 Å². The summed E-state index contributed by atoms with van der Waals surface area (Å²) < 4.78 is 1.80. The van der Waals surface area contributed by atoms with E-state index >= 15 is 0 Å². The summed E-state index contributed by atoms with van der Waals surface area (Å²) >= 11 is 1.44. The molecule has 0 fully saturated rings. The molecule has 0 aliphatic heterocycles. The van der Waals surface area contributed by atoms with Crippen molar-refractivity contribution in [2.24, 2.45) is 0 Å². The zero-order chi connectivity index (χ0) is 14.0. The Balaban J connectivity index is 2.13. The smallest absolute Gasteiger partial charge is 0.246 e. The predicted octanol–water partition coefficient (Wildman–Crippen LogP) is 1.87. The number of thiazole rings is 1. The van der Waals surface area contributed by atoms with Gasteiger partial charge < -0.3 is 9.88 Å². The van der Waals surface area contributed by atoms with E-state index in [0.717, 1.165) is 16.3 Å². The summed E-state index contributed by atoms with van der Waals surface area (Å²) in [4.78, 5) is 28.4. The van der Waals surface area contributed by atoms with Crippen molar-refractivity contribution in [3.8, 4) is 0 Å². The number of carbonyl (C=O) groups excluding carboxylic acids is 1. The van der Waals surface area contributed by atoms with Crippen molar-refractivity contribution in [2.75, 3.05) is 5.32 Å². The second-order valence-corrected chi connectivity index (χ2v) is 5.62. The Labute approximate surface area is 114 Å². The average molecular weight is 277 g/mol. The van der Waals surface area contributed by atoms with Gasteiger partial charge in [-0.3, -0.25) is 9.59 Å². The van der Waals surface area contributed by atoms with E-state index in [9.17, 15) is 9.59 Å². The normalized spacial score (nSPS) is 10.5. The quantitative estimate of drug-likeness (QED) is 0.931. The van der Waals surface area contributed by atoms with Crippen LogP contribution >= 0.6 is 11.3 Å². The second kappa shape index (κ2) is 5.36. The van der Waals surface area contributed by atoms with E-state index in [1.54, 1.807) is 10.8 Å². The Morgan fingerprint density at radius 1 is 1.32 bits per heavy atom. The summed E-state index contributed by atoms with van der Waals surface area (Å²) in [7, 11) is 0. The predicted molar refractivity (Wildman–Crippen MR) is 75.7 cm³/mol. The number of amides is 1. The molecule has 0 saturated heterocycles. The highest BCUT2D eigenvalue weighted by molar-refractivity contribution is 7.15. The van der Waals surface area contributed by atoms with Crippen LogP contribution < -0.4 is 10.7 Å². The first-order valence-electron chi connectivity index (χ1n) is 5.86. The van der Waals surface area contributed by atoms with Crippen LogP contribution in [0.15, 0.2) is 23.1 Å². The lowest BCUT2D eigenvalue weighted by atomic mass is 10.3. The third kappa shape index (κ3) is 3.29. The Bertz CT molecular complexity index is 647. The van der Waals surface area contributed by atoms with Crippen LogP contribution in [0.4, 0.5) is 5.13 Å². The topological polar surface area (TPSA) is 64.0 Å². The van der Waals surface area contributed by atoms with Crippen LogP contribution in [0.1, 0.15) is 16.3 Å². The third-order valence-corrected chi connectivity index (χ3v) is 3.55. The van der Waals surface area contributed by atoms with E-state index in [-0.39, 0.29) is 17.9 Å².